The van der Waals surface area contributed by atoms with Gasteiger partial charge in [-0.15, -0.1) is 0 Å². The molecule has 5 nitrogen and oxygen atoms in total. The number of aliphatic imine (C=N–C) groups is 1. The summed E-state index contributed by atoms with van der Waals surface area (Å²) in [6.07, 6.45) is 4.64. The Bertz CT molecular complexity index is 819. The van der Waals surface area contributed by atoms with Crippen LogP contribution in [0.15, 0.2) is 47.5 Å². The van der Waals surface area contributed by atoms with E-state index in [1.54, 1.807) is 24.3 Å². The van der Waals surface area contributed by atoms with Gasteiger partial charge < -0.3 is 16.4 Å². The Morgan fingerprint density at radius 3 is 2.77 bits per heavy atom. The van der Waals surface area contributed by atoms with E-state index in [-0.39, 0.29) is 5.91 Å². The van der Waals surface area contributed by atoms with Gasteiger partial charge in [0.15, 0.2) is 5.96 Å². The van der Waals surface area contributed by atoms with Gasteiger partial charge in [0.1, 0.15) is 0 Å². The van der Waals surface area contributed by atoms with Gasteiger partial charge in [0.25, 0.3) is 5.91 Å². The van der Waals surface area contributed by atoms with Gasteiger partial charge in [-0.25, -0.2) is 0 Å². The van der Waals surface area contributed by atoms with Gasteiger partial charge in [-0.1, -0.05) is 35.9 Å². The number of aryl methyl sites for hydroxylation is 1. The second-order valence-corrected chi connectivity index (χ2v) is 6.69. The molecule has 0 bridgehead atoms. The van der Waals surface area contributed by atoms with E-state index in [0.29, 0.717) is 29.6 Å². The predicted octanol–water partition coefficient (Wildman–Crippen LogP) is 3.38. The van der Waals surface area contributed by atoms with Crippen LogP contribution in [-0.2, 0) is 12.8 Å². The molecule has 0 aliphatic heterocycles. The maximum Gasteiger partial charge on any atom is 0.252 e. The fourth-order valence-electron chi connectivity index (χ4n) is 3.16. The molecule has 6 heteroatoms. The van der Waals surface area contributed by atoms with Crippen molar-refractivity contribution in [2.75, 3.05) is 18.4 Å². The van der Waals surface area contributed by atoms with Crippen molar-refractivity contribution >= 4 is 29.2 Å². The van der Waals surface area contributed by atoms with Crippen LogP contribution < -0.4 is 16.4 Å². The van der Waals surface area contributed by atoms with Crippen molar-refractivity contribution < 1.29 is 4.79 Å². The molecule has 2 aromatic rings. The number of hydrogen-bond acceptors (Lipinski definition) is 2. The highest BCUT2D eigenvalue weighted by Crippen LogP contribution is 2.27. The highest BCUT2D eigenvalue weighted by molar-refractivity contribution is 6.33. The first-order valence-electron chi connectivity index (χ1n) is 8.85. The summed E-state index contributed by atoms with van der Waals surface area (Å²) in [6, 6.07) is 13.2. The molecule has 136 valence electrons. The van der Waals surface area contributed by atoms with E-state index in [2.05, 4.69) is 21.7 Å². The van der Waals surface area contributed by atoms with Crippen molar-refractivity contribution in [3.8, 4) is 0 Å². The number of nitrogens with zero attached hydrogens (tertiary/aromatic N) is 1. The van der Waals surface area contributed by atoms with Crippen molar-refractivity contribution in [2.45, 2.75) is 25.7 Å². The summed E-state index contributed by atoms with van der Waals surface area (Å²) in [5.41, 5.74) is 10.2. The molecule has 4 N–H and O–H groups in total. The van der Waals surface area contributed by atoms with Crippen LogP contribution in [0.4, 0.5) is 5.69 Å². The molecule has 0 unspecified atom stereocenters. The minimum atomic E-state index is -0.213. The molecular formula is C20H23ClN4O. The molecule has 0 spiro atoms. The molecule has 0 atom stereocenters. The largest absolute Gasteiger partial charge is 0.370 e. The lowest BCUT2D eigenvalue weighted by atomic mass is 9.90. The molecule has 26 heavy (non-hydrogen) atoms. The maximum absolute atomic E-state index is 12.1. The first kappa shape index (κ1) is 18.3. The third kappa shape index (κ3) is 4.55. The van der Waals surface area contributed by atoms with E-state index in [1.165, 1.54) is 24.0 Å². The number of amides is 1. The predicted molar refractivity (Wildman–Crippen MR) is 107 cm³/mol. The van der Waals surface area contributed by atoms with Crippen LogP contribution in [0.3, 0.4) is 0 Å². The number of guanidine groups is 1. The van der Waals surface area contributed by atoms with E-state index < -0.39 is 0 Å². The number of fused-ring (bicyclic) bond motifs is 1. The molecule has 1 aliphatic rings. The van der Waals surface area contributed by atoms with E-state index in [1.807, 2.05) is 12.1 Å². The summed E-state index contributed by atoms with van der Waals surface area (Å²) < 4.78 is 0. The lowest BCUT2D eigenvalue weighted by Gasteiger charge is -2.19. The molecular weight excluding hydrogens is 348 g/mol. The standard InChI is InChI=1S/C20H23ClN4O/c21-17-10-4-3-9-16(17)19(26)23-12-13-24-20(22)25-18-11-5-7-14-6-1-2-8-15(14)18/h3-5,7,9-11H,1-2,6,8,12-13H2,(H,23,26)(H3,22,24,25). The smallest absolute Gasteiger partial charge is 0.252 e. The Kier molecular flexibility index (Phi) is 6.12. The molecule has 3 rings (SSSR count). The van der Waals surface area contributed by atoms with Gasteiger partial charge in [-0.05, 0) is 55.0 Å². The number of carbonyl (C=O) groups excluding carboxylic acids is 1. The second-order valence-electron chi connectivity index (χ2n) is 6.28. The van der Waals surface area contributed by atoms with Gasteiger partial charge in [0.05, 0.1) is 17.1 Å². The van der Waals surface area contributed by atoms with Gasteiger partial charge in [-0.3, -0.25) is 9.79 Å². The number of hydrogen-bond donors (Lipinski definition) is 3. The molecule has 0 saturated heterocycles. The molecule has 1 aliphatic carbocycles. The van der Waals surface area contributed by atoms with Crippen molar-refractivity contribution in [3.63, 3.8) is 0 Å². The van der Waals surface area contributed by atoms with Gasteiger partial charge >= 0.3 is 0 Å². The molecule has 0 saturated carbocycles. The van der Waals surface area contributed by atoms with E-state index in [0.717, 1.165) is 18.5 Å². The van der Waals surface area contributed by atoms with Crippen molar-refractivity contribution in [3.05, 3.63) is 64.2 Å². The van der Waals surface area contributed by atoms with Crippen LogP contribution >= 0.6 is 11.6 Å². The summed E-state index contributed by atoms with van der Waals surface area (Å²) in [4.78, 5) is 16.4. The number of halogens is 1. The first-order valence-corrected chi connectivity index (χ1v) is 9.23. The van der Waals surface area contributed by atoms with E-state index >= 15 is 0 Å². The van der Waals surface area contributed by atoms with E-state index in [9.17, 15) is 4.79 Å². The average Bonchev–Trinajstić information content (AvgIpc) is 2.66. The molecule has 0 aromatic heterocycles. The van der Waals surface area contributed by atoms with Gasteiger partial charge in [-0.2, -0.15) is 0 Å². The van der Waals surface area contributed by atoms with E-state index in [4.69, 9.17) is 17.3 Å². The summed E-state index contributed by atoms with van der Waals surface area (Å²) in [5.74, 6) is 0.144. The minimum Gasteiger partial charge on any atom is -0.370 e. The van der Waals surface area contributed by atoms with Gasteiger partial charge in [0.2, 0.25) is 0 Å². The number of anilines is 1. The Hall–Kier alpha value is -2.53. The lowest BCUT2D eigenvalue weighted by Crippen LogP contribution is -2.29. The number of nitrogens with two attached hydrogens (primary N) is 1. The van der Waals surface area contributed by atoms with Crippen molar-refractivity contribution in [1.29, 1.82) is 0 Å². The van der Waals surface area contributed by atoms with Crippen LogP contribution in [0.1, 0.15) is 34.3 Å². The van der Waals surface area contributed by atoms with Crippen LogP contribution in [-0.4, -0.2) is 25.0 Å². The Labute approximate surface area is 158 Å². The Morgan fingerprint density at radius 1 is 1.12 bits per heavy atom. The minimum absolute atomic E-state index is 0.213. The van der Waals surface area contributed by atoms with Crippen LogP contribution in [0.5, 0.6) is 0 Å². The number of carbonyl (C=O) groups is 1. The number of nitrogens with one attached hydrogen (secondary N) is 2. The number of rotatable bonds is 5. The topological polar surface area (TPSA) is 79.5 Å². The zero-order valence-corrected chi connectivity index (χ0v) is 15.4. The maximum atomic E-state index is 12.1. The molecule has 0 fully saturated rings. The third-order valence-electron chi connectivity index (χ3n) is 4.46. The molecule has 0 radical (unpaired) electrons. The Morgan fingerprint density at radius 2 is 1.92 bits per heavy atom. The third-order valence-corrected chi connectivity index (χ3v) is 4.79. The summed E-state index contributed by atoms with van der Waals surface area (Å²) in [6.45, 7) is 0.781. The molecule has 0 heterocycles. The molecule has 1 amide bonds. The average molecular weight is 371 g/mol. The van der Waals surface area contributed by atoms with Crippen molar-refractivity contribution in [2.24, 2.45) is 10.7 Å². The first-order chi connectivity index (χ1) is 12.6. The SMILES string of the molecule is NC(=NCCNC(=O)c1ccccc1Cl)Nc1cccc2c1CCCC2. The highest BCUT2D eigenvalue weighted by Gasteiger charge is 2.13. The zero-order chi connectivity index (χ0) is 18.4. The zero-order valence-electron chi connectivity index (χ0n) is 14.6. The summed E-state index contributed by atoms with van der Waals surface area (Å²) >= 11 is 6.01. The normalized spacial score (nSPS) is 13.8. The summed E-state index contributed by atoms with van der Waals surface area (Å²) in [5, 5.41) is 6.42. The monoisotopic (exact) mass is 370 g/mol. The Balaban J connectivity index is 1.52. The lowest BCUT2D eigenvalue weighted by molar-refractivity contribution is 0.0955. The quantitative estimate of drug-likeness (QED) is 0.429. The molecule has 2 aromatic carbocycles. The fraction of sp³-hybridized carbons (Fsp3) is 0.300. The van der Waals surface area contributed by atoms with Crippen molar-refractivity contribution in [1.82, 2.24) is 5.32 Å². The van der Waals surface area contributed by atoms with Crippen LogP contribution in [0, 0.1) is 0 Å². The van der Waals surface area contributed by atoms with Crippen LogP contribution in [0.2, 0.25) is 5.02 Å². The number of benzene rings is 2. The fourth-order valence-corrected chi connectivity index (χ4v) is 3.38. The summed E-state index contributed by atoms with van der Waals surface area (Å²) in [7, 11) is 0. The highest BCUT2D eigenvalue weighted by atomic mass is 35.5. The second kappa shape index (κ2) is 8.72. The van der Waals surface area contributed by atoms with Crippen LogP contribution in [0.25, 0.3) is 0 Å². The van der Waals surface area contributed by atoms with Gasteiger partial charge in [0, 0.05) is 12.2 Å².